The SMILES string of the molecule is COc1ccc(/C=N/NCC(=O)Nc2ccc([Se]c3ccc([N+](=O)[O-])cc3)cc2)cc1. The normalized spacial score (nSPS) is 10.6. The van der Waals surface area contributed by atoms with Gasteiger partial charge in [-0.25, -0.2) is 0 Å². The third-order valence-electron chi connectivity index (χ3n) is 4.08. The fraction of sp³-hybridized carbons (Fsp3) is 0.0909. The Bertz CT molecular complexity index is 1050. The minimum atomic E-state index is -0.409. The third kappa shape index (κ3) is 6.95. The van der Waals surface area contributed by atoms with Crippen LogP contribution in [0.3, 0.4) is 0 Å². The van der Waals surface area contributed by atoms with Crippen LogP contribution in [0.15, 0.2) is 77.9 Å². The first-order valence-electron chi connectivity index (χ1n) is 9.26. The number of methoxy groups -OCH3 is 1. The van der Waals surface area contributed by atoms with Crippen LogP contribution in [0.25, 0.3) is 0 Å². The number of nitro groups is 1. The molecule has 1 amide bonds. The average molecular weight is 483 g/mol. The number of rotatable bonds is 9. The summed E-state index contributed by atoms with van der Waals surface area (Å²) in [5, 5.41) is 17.6. The van der Waals surface area contributed by atoms with Gasteiger partial charge in [-0.05, 0) is 12.1 Å². The quantitative estimate of drug-likeness (QED) is 0.209. The number of hydrogen-bond acceptors (Lipinski definition) is 6. The van der Waals surface area contributed by atoms with Crippen molar-refractivity contribution >= 4 is 47.4 Å². The Hall–Kier alpha value is -3.68. The van der Waals surface area contributed by atoms with Gasteiger partial charge < -0.3 is 4.74 Å². The number of carbonyl (C=O) groups excluding carboxylic acids is 1. The van der Waals surface area contributed by atoms with Crippen molar-refractivity contribution in [2.45, 2.75) is 0 Å². The molecule has 0 saturated heterocycles. The molecule has 3 rings (SSSR count). The number of nitrogens with one attached hydrogen (secondary N) is 2. The van der Waals surface area contributed by atoms with Crippen LogP contribution in [0.5, 0.6) is 5.75 Å². The van der Waals surface area contributed by atoms with Crippen molar-refractivity contribution in [3.8, 4) is 5.75 Å². The molecule has 8 nitrogen and oxygen atoms in total. The number of amides is 1. The second-order valence-electron chi connectivity index (χ2n) is 6.29. The van der Waals surface area contributed by atoms with Crippen LogP contribution in [-0.4, -0.2) is 45.7 Å². The van der Waals surface area contributed by atoms with E-state index in [2.05, 4.69) is 15.8 Å². The minimum absolute atomic E-state index is 0.0232. The predicted octanol–water partition coefficient (Wildman–Crippen LogP) is 1.82. The van der Waals surface area contributed by atoms with Crippen LogP contribution in [0.4, 0.5) is 11.4 Å². The second-order valence-corrected chi connectivity index (χ2v) is 8.70. The van der Waals surface area contributed by atoms with E-state index in [4.69, 9.17) is 4.74 Å². The van der Waals surface area contributed by atoms with Crippen molar-refractivity contribution in [2.75, 3.05) is 19.0 Å². The van der Waals surface area contributed by atoms with Crippen LogP contribution >= 0.6 is 0 Å². The smallest absolute Gasteiger partial charge is 0.0193 e. The van der Waals surface area contributed by atoms with Gasteiger partial charge in [0.2, 0.25) is 0 Å². The van der Waals surface area contributed by atoms with E-state index in [9.17, 15) is 14.9 Å². The third-order valence-corrected chi connectivity index (χ3v) is 6.21. The summed E-state index contributed by atoms with van der Waals surface area (Å²) >= 11 is 0.0232. The van der Waals surface area contributed by atoms with Gasteiger partial charge in [-0.3, -0.25) is 0 Å². The van der Waals surface area contributed by atoms with Crippen LogP contribution in [0.2, 0.25) is 0 Å². The molecule has 2 N–H and O–H groups in total. The van der Waals surface area contributed by atoms with E-state index in [0.717, 1.165) is 20.2 Å². The van der Waals surface area contributed by atoms with Crippen molar-refractivity contribution in [1.29, 1.82) is 0 Å². The van der Waals surface area contributed by atoms with Crippen molar-refractivity contribution in [1.82, 2.24) is 5.43 Å². The second kappa shape index (κ2) is 10.9. The van der Waals surface area contributed by atoms with Gasteiger partial charge in [0.15, 0.2) is 0 Å². The summed E-state index contributed by atoms with van der Waals surface area (Å²) in [7, 11) is 1.61. The van der Waals surface area contributed by atoms with Gasteiger partial charge in [0.1, 0.15) is 5.75 Å². The Morgan fingerprint density at radius 3 is 2.23 bits per heavy atom. The number of anilines is 1. The Kier molecular flexibility index (Phi) is 7.75. The number of nitrogens with zero attached hydrogens (tertiary/aromatic N) is 2. The van der Waals surface area contributed by atoms with Gasteiger partial charge in [0, 0.05) is 0 Å². The molecule has 0 aromatic heterocycles. The van der Waals surface area contributed by atoms with Crippen molar-refractivity contribution in [3.63, 3.8) is 0 Å². The van der Waals surface area contributed by atoms with Crippen molar-refractivity contribution in [3.05, 3.63) is 88.5 Å². The Labute approximate surface area is 185 Å². The van der Waals surface area contributed by atoms with Gasteiger partial charge in [-0.2, -0.15) is 0 Å². The average Bonchev–Trinajstić information content (AvgIpc) is 2.79. The zero-order valence-electron chi connectivity index (χ0n) is 16.6. The molecule has 0 bridgehead atoms. The first-order chi connectivity index (χ1) is 15.0. The zero-order valence-corrected chi connectivity index (χ0v) is 18.4. The number of hydrogen-bond donors (Lipinski definition) is 2. The molecular formula is C22H20N4O4Se. The molecule has 0 radical (unpaired) electrons. The van der Waals surface area contributed by atoms with E-state index >= 15 is 0 Å². The van der Waals surface area contributed by atoms with E-state index in [-0.39, 0.29) is 33.1 Å². The number of benzene rings is 3. The first-order valence-corrected chi connectivity index (χ1v) is 11.0. The molecule has 0 aliphatic heterocycles. The van der Waals surface area contributed by atoms with Gasteiger partial charge in [0.25, 0.3) is 0 Å². The summed E-state index contributed by atoms with van der Waals surface area (Å²) in [6.45, 7) is 0.0428. The number of carbonyl (C=O) groups is 1. The van der Waals surface area contributed by atoms with Gasteiger partial charge >= 0.3 is 156 Å². The summed E-state index contributed by atoms with van der Waals surface area (Å²) in [5.74, 6) is 0.560. The molecule has 31 heavy (non-hydrogen) atoms. The van der Waals surface area contributed by atoms with E-state index in [1.54, 1.807) is 25.5 Å². The minimum Gasteiger partial charge on any atom is -0.0193 e. The van der Waals surface area contributed by atoms with Crippen LogP contribution in [0.1, 0.15) is 5.56 Å². The molecular weight excluding hydrogens is 463 g/mol. The molecule has 0 spiro atoms. The van der Waals surface area contributed by atoms with E-state index in [1.165, 1.54) is 12.1 Å². The van der Waals surface area contributed by atoms with Crippen LogP contribution in [0, 0.1) is 10.1 Å². The molecule has 0 aliphatic rings. The molecule has 9 heteroatoms. The molecule has 3 aromatic rings. The number of hydrazone groups is 1. The Balaban J connectivity index is 1.44. The zero-order chi connectivity index (χ0) is 22.1. The van der Waals surface area contributed by atoms with E-state index in [0.29, 0.717) is 5.69 Å². The summed E-state index contributed by atoms with van der Waals surface area (Å²) in [6.07, 6.45) is 1.63. The molecule has 0 saturated carbocycles. The monoisotopic (exact) mass is 484 g/mol. The molecule has 0 atom stereocenters. The maximum atomic E-state index is 12.1. The van der Waals surface area contributed by atoms with E-state index < -0.39 is 4.92 Å². The maximum absolute atomic E-state index is 12.1. The summed E-state index contributed by atoms with van der Waals surface area (Å²) in [4.78, 5) is 22.4. The molecule has 0 unspecified atom stereocenters. The summed E-state index contributed by atoms with van der Waals surface area (Å²) in [6, 6.07) is 21.5. The van der Waals surface area contributed by atoms with Crippen molar-refractivity contribution in [2.24, 2.45) is 5.10 Å². The molecule has 0 fully saturated rings. The number of non-ortho nitro benzene ring substituents is 1. The van der Waals surface area contributed by atoms with Gasteiger partial charge in [-0.1, -0.05) is 0 Å². The van der Waals surface area contributed by atoms with Crippen LogP contribution in [-0.2, 0) is 4.79 Å². The van der Waals surface area contributed by atoms with Crippen molar-refractivity contribution < 1.29 is 14.5 Å². The summed E-state index contributed by atoms with van der Waals surface area (Å²) < 4.78 is 7.23. The van der Waals surface area contributed by atoms with Gasteiger partial charge in [0.05, 0.1) is 7.11 Å². The fourth-order valence-corrected chi connectivity index (χ4v) is 4.22. The Morgan fingerprint density at radius 2 is 1.65 bits per heavy atom. The molecule has 0 heterocycles. The summed E-state index contributed by atoms with van der Waals surface area (Å²) in [5.41, 5.74) is 4.38. The Morgan fingerprint density at radius 1 is 1.03 bits per heavy atom. The molecule has 158 valence electrons. The number of ether oxygens (including phenoxy) is 1. The molecule has 3 aromatic carbocycles. The predicted molar refractivity (Wildman–Crippen MR) is 122 cm³/mol. The van der Waals surface area contributed by atoms with Gasteiger partial charge in [-0.15, -0.1) is 0 Å². The number of nitro benzene ring substituents is 1. The fourth-order valence-electron chi connectivity index (χ4n) is 2.51. The molecule has 0 aliphatic carbocycles. The van der Waals surface area contributed by atoms with Crippen LogP contribution < -0.4 is 24.4 Å². The van der Waals surface area contributed by atoms with E-state index in [1.807, 2.05) is 48.5 Å². The topological polar surface area (TPSA) is 106 Å². The first kappa shape index (κ1) is 22.0. The standard InChI is InChI=1S/C22H20N4O4Se/c1-30-19-8-2-16(3-9-19)14-23-24-15-22(27)25-17-4-10-20(11-5-17)31-21-12-6-18(7-13-21)26(28)29/h2-14,24H,15H2,1H3,(H,25,27)/b23-14+.